The number of nitrogens with zero attached hydrogens (tertiary/aromatic N) is 1. The molecule has 0 fully saturated rings. The molecule has 2 nitrogen and oxygen atoms in total. The molecule has 0 aliphatic heterocycles. The van der Waals surface area contributed by atoms with Gasteiger partial charge in [-0.3, -0.25) is 0 Å². The van der Waals surface area contributed by atoms with E-state index in [0.717, 1.165) is 31.6 Å². The predicted molar refractivity (Wildman–Crippen MR) is 88.2 cm³/mol. The number of nitrogens with two attached hydrogens (primary N) is 1. The average Bonchev–Trinajstić information content (AvgIpc) is 2.45. The molecule has 0 aliphatic carbocycles. The van der Waals surface area contributed by atoms with Crippen molar-refractivity contribution in [3.63, 3.8) is 0 Å². The summed E-state index contributed by atoms with van der Waals surface area (Å²) < 4.78 is 0. The zero-order chi connectivity index (χ0) is 14.4. The molecule has 0 saturated heterocycles. The van der Waals surface area contributed by atoms with Crippen LogP contribution in [0.25, 0.3) is 0 Å². The third-order valence-corrected chi connectivity index (χ3v) is 3.63. The van der Waals surface area contributed by atoms with E-state index in [1.807, 2.05) is 12.1 Å². The maximum atomic E-state index is 5.81. The summed E-state index contributed by atoms with van der Waals surface area (Å²) >= 11 is 0. The third-order valence-electron chi connectivity index (χ3n) is 3.63. The predicted octanol–water partition coefficient (Wildman–Crippen LogP) is 4.04. The molecule has 0 atom stereocenters. The fourth-order valence-corrected chi connectivity index (χ4v) is 2.45. The van der Waals surface area contributed by atoms with Gasteiger partial charge in [0.15, 0.2) is 0 Å². The molecular formula is C18H24N2. The second-order valence-electron chi connectivity index (χ2n) is 5.26. The number of anilines is 2. The van der Waals surface area contributed by atoms with E-state index in [-0.39, 0.29) is 0 Å². The Morgan fingerprint density at radius 1 is 1.05 bits per heavy atom. The molecule has 0 radical (unpaired) electrons. The molecule has 0 amide bonds. The quantitative estimate of drug-likeness (QED) is 0.801. The molecular weight excluding hydrogens is 244 g/mol. The normalized spacial score (nSPS) is 10.5. The van der Waals surface area contributed by atoms with Crippen molar-refractivity contribution in [3.8, 4) is 0 Å². The van der Waals surface area contributed by atoms with Gasteiger partial charge in [-0.25, -0.2) is 0 Å². The highest BCUT2D eigenvalue weighted by atomic mass is 15.1. The van der Waals surface area contributed by atoms with Gasteiger partial charge in [0.1, 0.15) is 0 Å². The standard InChI is InChI=1S/C18H24N2/c1-3-20(18-11-9-15(2)10-12-18)13-5-7-16-6-4-8-17(19)14-16/h4,6,8-12,14H,3,5,7,13,19H2,1-2H3. The average molecular weight is 268 g/mol. The van der Waals surface area contributed by atoms with Gasteiger partial charge >= 0.3 is 0 Å². The molecule has 0 aliphatic rings. The molecule has 0 spiro atoms. The topological polar surface area (TPSA) is 29.3 Å². The maximum Gasteiger partial charge on any atom is 0.0366 e. The van der Waals surface area contributed by atoms with Crippen molar-refractivity contribution in [2.45, 2.75) is 26.7 Å². The molecule has 0 saturated carbocycles. The first-order valence-corrected chi connectivity index (χ1v) is 7.35. The van der Waals surface area contributed by atoms with Gasteiger partial charge in [0.05, 0.1) is 0 Å². The lowest BCUT2D eigenvalue weighted by Gasteiger charge is -2.23. The first-order valence-electron chi connectivity index (χ1n) is 7.35. The highest BCUT2D eigenvalue weighted by molar-refractivity contribution is 5.47. The number of aryl methyl sites for hydroxylation is 2. The van der Waals surface area contributed by atoms with Gasteiger partial charge in [-0.1, -0.05) is 29.8 Å². The van der Waals surface area contributed by atoms with Crippen molar-refractivity contribution >= 4 is 11.4 Å². The van der Waals surface area contributed by atoms with Crippen LogP contribution in [0.1, 0.15) is 24.5 Å². The van der Waals surface area contributed by atoms with E-state index < -0.39 is 0 Å². The summed E-state index contributed by atoms with van der Waals surface area (Å²) in [7, 11) is 0. The number of rotatable bonds is 6. The first-order chi connectivity index (χ1) is 9.69. The van der Waals surface area contributed by atoms with Crippen LogP contribution in [0.2, 0.25) is 0 Å². The number of nitrogen functional groups attached to an aromatic ring is 1. The summed E-state index contributed by atoms with van der Waals surface area (Å²) in [5.41, 5.74) is 10.6. The molecule has 106 valence electrons. The summed E-state index contributed by atoms with van der Waals surface area (Å²) in [6.45, 7) is 6.45. The second-order valence-corrected chi connectivity index (χ2v) is 5.26. The minimum Gasteiger partial charge on any atom is -0.399 e. The highest BCUT2D eigenvalue weighted by Gasteiger charge is 2.04. The SMILES string of the molecule is CCN(CCCc1cccc(N)c1)c1ccc(C)cc1. The van der Waals surface area contributed by atoms with Gasteiger partial charge in [0.2, 0.25) is 0 Å². The monoisotopic (exact) mass is 268 g/mol. The van der Waals surface area contributed by atoms with Crippen molar-refractivity contribution < 1.29 is 0 Å². The Morgan fingerprint density at radius 2 is 1.80 bits per heavy atom. The zero-order valence-electron chi connectivity index (χ0n) is 12.5. The molecule has 0 aromatic heterocycles. The van der Waals surface area contributed by atoms with Gasteiger partial charge in [0.25, 0.3) is 0 Å². The lowest BCUT2D eigenvalue weighted by molar-refractivity contribution is 0.746. The third kappa shape index (κ3) is 4.02. The molecule has 0 heterocycles. The minimum absolute atomic E-state index is 0.855. The van der Waals surface area contributed by atoms with E-state index in [9.17, 15) is 0 Å². The second kappa shape index (κ2) is 6.99. The van der Waals surface area contributed by atoms with Crippen LogP contribution < -0.4 is 10.6 Å². The van der Waals surface area contributed by atoms with Crippen LogP contribution in [0, 0.1) is 6.92 Å². The largest absolute Gasteiger partial charge is 0.399 e. The zero-order valence-corrected chi connectivity index (χ0v) is 12.5. The number of hydrogen-bond donors (Lipinski definition) is 1. The van der Waals surface area contributed by atoms with Crippen molar-refractivity contribution in [2.75, 3.05) is 23.7 Å². The smallest absolute Gasteiger partial charge is 0.0366 e. The van der Waals surface area contributed by atoms with Crippen LogP contribution in [-0.4, -0.2) is 13.1 Å². The van der Waals surface area contributed by atoms with Gasteiger partial charge in [-0.05, 0) is 56.5 Å². The van der Waals surface area contributed by atoms with Gasteiger partial charge in [-0.15, -0.1) is 0 Å². The van der Waals surface area contributed by atoms with E-state index in [1.54, 1.807) is 0 Å². The highest BCUT2D eigenvalue weighted by Crippen LogP contribution is 2.16. The molecule has 0 bridgehead atoms. The van der Waals surface area contributed by atoms with Crippen LogP contribution in [0.15, 0.2) is 48.5 Å². The summed E-state index contributed by atoms with van der Waals surface area (Å²) in [4.78, 5) is 2.42. The molecule has 2 heteroatoms. The molecule has 2 rings (SSSR count). The Bertz CT molecular complexity index is 531. The number of benzene rings is 2. The van der Waals surface area contributed by atoms with Gasteiger partial charge in [-0.2, -0.15) is 0 Å². The molecule has 2 N–H and O–H groups in total. The Hall–Kier alpha value is -1.96. The Kier molecular flexibility index (Phi) is 5.05. The minimum atomic E-state index is 0.855. The van der Waals surface area contributed by atoms with Crippen LogP contribution in [0.3, 0.4) is 0 Å². The lowest BCUT2D eigenvalue weighted by Crippen LogP contribution is -2.24. The Labute approximate surface area is 122 Å². The van der Waals surface area contributed by atoms with Gasteiger partial charge in [0, 0.05) is 24.5 Å². The van der Waals surface area contributed by atoms with Crippen LogP contribution in [0.5, 0.6) is 0 Å². The lowest BCUT2D eigenvalue weighted by atomic mass is 10.1. The van der Waals surface area contributed by atoms with Crippen LogP contribution >= 0.6 is 0 Å². The van der Waals surface area contributed by atoms with Crippen LogP contribution in [-0.2, 0) is 6.42 Å². The fraction of sp³-hybridized carbons (Fsp3) is 0.333. The van der Waals surface area contributed by atoms with E-state index in [2.05, 4.69) is 55.1 Å². The Balaban J connectivity index is 1.89. The summed E-state index contributed by atoms with van der Waals surface area (Å²) in [6.07, 6.45) is 2.22. The van der Waals surface area contributed by atoms with E-state index in [1.165, 1.54) is 16.8 Å². The van der Waals surface area contributed by atoms with Crippen molar-refractivity contribution in [3.05, 3.63) is 59.7 Å². The summed E-state index contributed by atoms with van der Waals surface area (Å²) in [6, 6.07) is 17.0. The van der Waals surface area contributed by atoms with Crippen molar-refractivity contribution in [1.29, 1.82) is 0 Å². The molecule has 2 aromatic carbocycles. The fourth-order valence-electron chi connectivity index (χ4n) is 2.45. The van der Waals surface area contributed by atoms with E-state index >= 15 is 0 Å². The summed E-state index contributed by atoms with van der Waals surface area (Å²) in [5.74, 6) is 0. The van der Waals surface area contributed by atoms with E-state index in [4.69, 9.17) is 5.73 Å². The van der Waals surface area contributed by atoms with Gasteiger partial charge < -0.3 is 10.6 Å². The number of hydrogen-bond acceptors (Lipinski definition) is 2. The molecule has 20 heavy (non-hydrogen) atoms. The molecule has 0 unspecified atom stereocenters. The van der Waals surface area contributed by atoms with E-state index in [0.29, 0.717) is 0 Å². The summed E-state index contributed by atoms with van der Waals surface area (Å²) in [5, 5.41) is 0. The van der Waals surface area contributed by atoms with Crippen molar-refractivity contribution in [1.82, 2.24) is 0 Å². The molecule has 2 aromatic rings. The first kappa shape index (κ1) is 14.4. The maximum absolute atomic E-state index is 5.81. The van der Waals surface area contributed by atoms with Crippen molar-refractivity contribution in [2.24, 2.45) is 0 Å². The Morgan fingerprint density at radius 3 is 2.45 bits per heavy atom. The van der Waals surface area contributed by atoms with Crippen LogP contribution in [0.4, 0.5) is 11.4 Å².